The summed E-state index contributed by atoms with van der Waals surface area (Å²) < 4.78 is 26.7. The van der Waals surface area contributed by atoms with Crippen LogP contribution in [0.5, 0.6) is 0 Å². The molecule has 1 rings (SSSR count). The highest BCUT2D eigenvalue weighted by Crippen LogP contribution is 2.22. The minimum atomic E-state index is -4.10. The molecule has 0 aromatic heterocycles. The first-order valence-corrected chi connectivity index (χ1v) is 5.78. The Hall–Kier alpha value is -1.03. The highest BCUT2D eigenvalue weighted by molar-refractivity contribution is 7.88. The van der Waals surface area contributed by atoms with E-state index in [2.05, 4.69) is 9.07 Å². The Morgan fingerprint density at radius 3 is 2.50 bits per heavy atom. The van der Waals surface area contributed by atoms with Gasteiger partial charge in [0.25, 0.3) is 16.0 Å². The molecule has 0 aliphatic carbocycles. The fourth-order valence-corrected chi connectivity index (χ4v) is 2.33. The summed E-state index contributed by atoms with van der Waals surface area (Å²) in [5.74, 6) is -1.70. The van der Waals surface area contributed by atoms with Crippen molar-refractivity contribution in [2.75, 3.05) is 7.11 Å². The molecular weight excluding hydrogens is 242 g/mol. The molecular formula is C7H11NO7S. The molecule has 0 aromatic rings. The Morgan fingerprint density at radius 1 is 1.50 bits per heavy atom. The van der Waals surface area contributed by atoms with Crippen LogP contribution in [0.3, 0.4) is 0 Å². The minimum Gasteiger partial charge on any atom is -0.274 e. The number of hydrogen-bond donors (Lipinski definition) is 1. The molecule has 2 unspecified atom stereocenters. The van der Waals surface area contributed by atoms with Crippen LogP contribution >= 0.6 is 0 Å². The molecule has 1 heterocycles. The van der Waals surface area contributed by atoms with Gasteiger partial charge in [0.2, 0.25) is 5.91 Å². The summed E-state index contributed by atoms with van der Waals surface area (Å²) in [6.45, 7) is 1.23. The van der Waals surface area contributed by atoms with Crippen LogP contribution in [0.1, 0.15) is 13.3 Å². The number of carbonyl (C=O) groups is 2. The van der Waals surface area contributed by atoms with Gasteiger partial charge in [-0.05, 0) is 6.92 Å². The van der Waals surface area contributed by atoms with E-state index in [-0.39, 0.29) is 0 Å². The molecule has 92 valence electrons. The number of amides is 2. The van der Waals surface area contributed by atoms with E-state index in [0.29, 0.717) is 4.90 Å². The van der Waals surface area contributed by atoms with Crippen molar-refractivity contribution in [1.29, 1.82) is 0 Å². The standard InChI is InChI=1S/C7H11NO7S/c1-4(15-11)8-6(9)3-5(7(8)10)16(12,13)14-2/h4-5,11H,3H2,1-2H3. The molecule has 0 radical (unpaired) electrons. The summed E-state index contributed by atoms with van der Waals surface area (Å²) in [6, 6.07) is 0. The van der Waals surface area contributed by atoms with Crippen LogP contribution in [0.4, 0.5) is 0 Å². The van der Waals surface area contributed by atoms with E-state index in [1.54, 1.807) is 0 Å². The van der Waals surface area contributed by atoms with Crippen LogP contribution in [0.15, 0.2) is 0 Å². The zero-order chi connectivity index (χ0) is 12.5. The second-order valence-corrected chi connectivity index (χ2v) is 5.05. The van der Waals surface area contributed by atoms with Gasteiger partial charge in [-0.3, -0.25) is 18.7 Å². The third kappa shape index (κ3) is 2.07. The maximum Gasteiger partial charge on any atom is 0.279 e. The maximum atomic E-state index is 11.6. The van der Waals surface area contributed by atoms with E-state index in [9.17, 15) is 18.0 Å². The van der Waals surface area contributed by atoms with Crippen LogP contribution in [0, 0.1) is 0 Å². The van der Waals surface area contributed by atoms with Crippen LogP contribution in [-0.4, -0.2) is 49.0 Å². The highest BCUT2D eigenvalue weighted by atomic mass is 32.2. The molecule has 1 N–H and O–H groups in total. The topological polar surface area (TPSA) is 110 Å². The summed E-state index contributed by atoms with van der Waals surface area (Å²) in [5, 5.41) is 6.78. The van der Waals surface area contributed by atoms with Crippen molar-refractivity contribution in [2.24, 2.45) is 0 Å². The van der Waals surface area contributed by atoms with E-state index in [4.69, 9.17) is 5.26 Å². The average molecular weight is 253 g/mol. The van der Waals surface area contributed by atoms with Crippen molar-refractivity contribution >= 4 is 21.9 Å². The van der Waals surface area contributed by atoms with Crippen molar-refractivity contribution in [3.05, 3.63) is 0 Å². The van der Waals surface area contributed by atoms with Crippen LogP contribution in [0.2, 0.25) is 0 Å². The van der Waals surface area contributed by atoms with Gasteiger partial charge < -0.3 is 0 Å². The predicted octanol–water partition coefficient (Wildman–Crippen LogP) is -1.07. The summed E-state index contributed by atoms with van der Waals surface area (Å²) in [5.41, 5.74) is 0. The molecule has 1 fully saturated rings. The molecule has 1 aliphatic rings. The highest BCUT2D eigenvalue weighted by Gasteiger charge is 2.48. The third-order valence-corrected chi connectivity index (χ3v) is 3.77. The van der Waals surface area contributed by atoms with Crippen LogP contribution in [-0.2, 0) is 28.8 Å². The molecule has 0 saturated carbocycles. The van der Waals surface area contributed by atoms with Crippen molar-refractivity contribution in [3.63, 3.8) is 0 Å². The summed E-state index contributed by atoms with van der Waals surface area (Å²) in [4.78, 5) is 27.3. The Kier molecular flexibility index (Phi) is 3.63. The normalized spacial score (nSPS) is 23.9. The van der Waals surface area contributed by atoms with Gasteiger partial charge >= 0.3 is 0 Å². The van der Waals surface area contributed by atoms with Crippen LogP contribution < -0.4 is 0 Å². The second-order valence-electron chi connectivity index (χ2n) is 3.16. The monoisotopic (exact) mass is 253 g/mol. The number of nitrogens with zero attached hydrogens (tertiary/aromatic N) is 1. The lowest BCUT2D eigenvalue weighted by atomic mass is 10.4. The van der Waals surface area contributed by atoms with Gasteiger partial charge in [-0.2, -0.15) is 8.42 Å². The van der Waals surface area contributed by atoms with Crippen LogP contribution in [0.25, 0.3) is 0 Å². The van der Waals surface area contributed by atoms with E-state index < -0.39 is 39.8 Å². The van der Waals surface area contributed by atoms with Gasteiger partial charge in [0.15, 0.2) is 11.5 Å². The quantitative estimate of drug-likeness (QED) is 0.294. The predicted molar refractivity (Wildman–Crippen MR) is 49.4 cm³/mol. The maximum absolute atomic E-state index is 11.6. The SMILES string of the molecule is COS(=O)(=O)C1CC(=O)N(C(C)OO)C1=O. The van der Waals surface area contributed by atoms with Crippen molar-refractivity contribution < 1.29 is 32.3 Å². The molecule has 8 nitrogen and oxygen atoms in total. The molecule has 9 heteroatoms. The molecule has 16 heavy (non-hydrogen) atoms. The zero-order valence-corrected chi connectivity index (χ0v) is 9.43. The van der Waals surface area contributed by atoms with E-state index in [1.807, 2.05) is 0 Å². The van der Waals surface area contributed by atoms with Crippen molar-refractivity contribution in [3.8, 4) is 0 Å². The molecule has 2 atom stereocenters. The third-order valence-electron chi connectivity index (χ3n) is 2.24. The van der Waals surface area contributed by atoms with Gasteiger partial charge in [0.05, 0.1) is 13.5 Å². The Balaban J connectivity index is 3.00. The summed E-state index contributed by atoms with van der Waals surface area (Å²) in [6.07, 6.45) is -1.74. The largest absolute Gasteiger partial charge is 0.279 e. The van der Waals surface area contributed by atoms with E-state index in [0.717, 1.165) is 7.11 Å². The molecule has 1 aliphatic heterocycles. The Labute approximate surface area is 91.8 Å². The Bertz CT molecular complexity index is 403. The van der Waals surface area contributed by atoms with Gasteiger partial charge in [-0.25, -0.2) is 10.1 Å². The van der Waals surface area contributed by atoms with E-state index >= 15 is 0 Å². The van der Waals surface area contributed by atoms with Crippen molar-refractivity contribution in [2.45, 2.75) is 24.8 Å². The average Bonchev–Trinajstić information content (AvgIpc) is 2.54. The lowest BCUT2D eigenvalue weighted by Gasteiger charge is -2.19. The number of hydrogen-bond acceptors (Lipinski definition) is 7. The van der Waals surface area contributed by atoms with Gasteiger partial charge in [0.1, 0.15) is 0 Å². The summed E-state index contributed by atoms with van der Waals surface area (Å²) in [7, 11) is -3.20. The van der Waals surface area contributed by atoms with Gasteiger partial charge in [-0.1, -0.05) is 0 Å². The molecule has 0 bridgehead atoms. The molecule has 0 spiro atoms. The van der Waals surface area contributed by atoms with Gasteiger partial charge in [0, 0.05) is 0 Å². The first-order valence-electron chi connectivity index (χ1n) is 4.30. The second kappa shape index (κ2) is 4.45. The fraction of sp³-hybridized carbons (Fsp3) is 0.714. The number of likely N-dealkylation sites (tertiary alicyclic amines) is 1. The zero-order valence-electron chi connectivity index (χ0n) is 8.61. The number of carbonyl (C=O) groups excluding carboxylic acids is 2. The number of imide groups is 1. The molecule has 2 amide bonds. The minimum absolute atomic E-state index is 0.511. The fourth-order valence-electron chi connectivity index (χ4n) is 1.39. The molecule has 1 saturated heterocycles. The smallest absolute Gasteiger partial charge is 0.274 e. The number of rotatable bonds is 4. The van der Waals surface area contributed by atoms with Crippen molar-refractivity contribution in [1.82, 2.24) is 4.90 Å². The summed E-state index contributed by atoms with van der Waals surface area (Å²) >= 11 is 0. The molecule has 0 aromatic carbocycles. The lowest BCUT2D eigenvalue weighted by molar-refractivity contribution is -0.299. The van der Waals surface area contributed by atoms with E-state index in [1.165, 1.54) is 6.92 Å². The Morgan fingerprint density at radius 2 is 2.06 bits per heavy atom. The van der Waals surface area contributed by atoms with Gasteiger partial charge in [-0.15, -0.1) is 0 Å². The first-order chi connectivity index (χ1) is 7.35. The first kappa shape index (κ1) is 13.0. The lowest BCUT2D eigenvalue weighted by Crippen LogP contribution is -2.42.